The first-order chi connectivity index (χ1) is 15.3. The van der Waals surface area contributed by atoms with Crippen molar-refractivity contribution in [1.82, 2.24) is 5.32 Å². The number of nitrogens with one attached hydrogen (secondary N) is 1. The zero-order valence-electron chi connectivity index (χ0n) is 17.4. The van der Waals surface area contributed by atoms with Crippen molar-refractivity contribution >= 4 is 11.6 Å². The van der Waals surface area contributed by atoms with Crippen molar-refractivity contribution in [3.05, 3.63) is 136 Å². The molecule has 4 aromatic carbocycles. The molecule has 0 heterocycles. The van der Waals surface area contributed by atoms with E-state index < -0.39 is 0 Å². The number of hydrogen-bond acceptors (Lipinski definition) is 2. The van der Waals surface area contributed by atoms with Gasteiger partial charge in [-0.3, -0.25) is 0 Å². The van der Waals surface area contributed by atoms with Crippen LogP contribution in [0.4, 0.5) is 0 Å². The van der Waals surface area contributed by atoms with E-state index in [4.69, 9.17) is 16.3 Å². The number of rotatable bonds is 9. The minimum atomic E-state index is 0.219. The molecule has 0 fully saturated rings. The number of benzene rings is 4. The fourth-order valence-corrected chi connectivity index (χ4v) is 3.66. The van der Waals surface area contributed by atoms with Gasteiger partial charge in [0.25, 0.3) is 0 Å². The number of halogens is 1. The summed E-state index contributed by atoms with van der Waals surface area (Å²) < 4.78 is 5.90. The maximum atomic E-state index is 6.05. The van der Waals surface area contributed by atoms with Crippen LogP contribution in [0.5, 0.6) is 5.75 Å². The highest BCUT2D eigenvalue weighted by atomic mass is 35.5. The normalized spacial score (nSPS) is 11.8. The van der Waals surface area contributed by atoms with E-state index in [0.29, 0.717) is 6.61 Å². The topological polar surface area (TPSA) is 21.3 Å². The highest BCUT2D eigenvalue weighted by molar-refractivity contribution is 6.30. The van der Waals surface area contributed by atoms with Crippen LogP contribution in [0, 0.1) is 0 Å². The van der Waals surface area contributed by atoms with Gasteiger partial charge in [0.2, 0.25) is 0 Å². The Bertz CT molecular complexity index is 1050. The molecule has 31 heavy (non-hydrogen) atoms. The van der Waals surface area contributed by atoms with Crippen LogP contribution in [-0.4, -0.2) is 0 Å². The zero-order valence-corrected chi connectivity index (χ0v) is 18.1. The molecule has 0 aliphatic rings. The van der Waals surface area contributed by atoms with Gasteiger partial charge in [0.15, 0.2) is 0 Å². The smallest absolute Gasteiger partial charge is 0.119 e. The van der Waals surface area contributed by atoms with E-state index in [1.165, 1.54) is 22.3 Å². The Balaban J connectivity index is 1.37. The molecule has 0 amide bonds. The van der Waals surface area contributed by atoms with Gasteiger partial charge in [-0.2, -0.15) is 0 Å². The van der Waals surface area contributed by atoms with E-state index in [1.807, 2.05) is 42.5 Å². The second kappa shape index (κ2) is 10.8. The molecule has 3 heteroatoms. The van der Waals surface area contributed by atoms with Crippen LogP contribution in [0.25, 0.3) is 0 Å². The van der Waals surface area contributed by atoms with Crippen LogP contribution in [-0.2, 0) is 19.6 Å². The van der Waals surface area contributed by atoms with Crippen LogP contribution in [0.15, 0.2) is 109 Å². The standard InChI is InChI=1S/C28H26ClNO/c29-26-15-11-22(12-16-26)19-28(25-9-5-2-6-10-25)30-20-23-13-17-27(18-14-23)31-21-24-7-3-1-4-8-24/h1-18,28,30H,19-21H2. The molecule has 4 aromatic rings. The predicted molar refractivity (Wildman–Crippen MR) is 128 cm³/mol. The molecular weight excluding hydrogens is 402 g/mol. The van der Waals surface area contributed by atoms with Crippen LogP contribution >= 0.6 is 11.6 Å². The molecule has 2 nitrogen and oxygen atoms in total. The molecule has 1 N–H and O–H groups in total. The van der Waals surface area contributed by atoms with Crippen molar-refractivity contribution in [2.75, 3.05) is 0 Å². The van der Waals surface area contributed by atoms with Crippen molar-refractivity contribution in [2.45, 2.75) is 25.6 Å². The molecule has 0 spiro atoms. The fraction of sp³-hybridized carbons (Fsp3) is 0.143. The predicted octanol–water partition coefficient (Wildman–Crippen LogP) is 6.99. The van der Waals surface area contributed by atoms with E-state index in [2.05, 4.69) is 72.0 Å². The van der Waals surface area contributed by atoms with E-state index in [-0.39, 0.29) is 6.04 Å². The lowest BCUT2D eigenvalue weighted by atomic mass is 9.98. The third kappa shape index (κ3) is 6.45. The molecule has 4 rings (SSSR count). The second-order valence-corrected chi connectivity index (χ2v) is 8.03. The molecule has 0 aliphatic carbocycles. The molecular formula is C28H26ClNO. The Morgan fingerprint density at radius 2 is 1.26 bits per heavy atom. The minimum Gasteiger partial charge on any atom is -0.489 e. The Morgan fingerprint density at radius 1 is 0.645 bits per heavy atom. The number of ether oxygens (including phenoxy) is 1. The van der Waals surface area contributed by atoms with Gasteiger partial charge in [0, 0.05) is 17.6 Å². The highest BCUT2D eigenvalue weighted by Gasteiger charge is 2.12. The first kappa shape index (κ1) is 21.2. The van der Waals surface area contributed by atoms with Crippen molar-refractivity contribution in [3.63, 3.8) is 0 Å². The Labute approximate surface area is 189 Å². The Kier molecular flexibility index (Phi) is 7.38. The first-order valence-electron chi connectivity index (χ1n) is 10.5. The number of hydrogen-bond donors (Lipinski definition) is 1. The van der Waals surface area contributed by atoms with Crippen molar-refractivity contribution < 1.29 is 4.74 Å². The van der Waals surface area contributed by atoms with E-state index in [1.54, 1.807) is 0 Å². The van der Waals surface area contributed by atoms with Gasteiger partial charge >= 0.3 is 0 Å². The van der Waals surface area contributed by atoms with Crippen molar-refractivity contribution in [1.29, 1.82) is 0 Å². The van der Waals surface area contributed by atoms with Gasteiger partial charge in [-0.15, -0.1) is 0 Å². The first-order valence-corrected chi connectivity index (χ1v) is 10.9. The molecule has 0 saturated heterocycles. The summed E-state index contributed by atoms with van der Waals surface area (Å²) in [6.07, 6.45) is 0.902. The SMILES string of the molecule is Clc1ccc(CC(NCc2ccc(OCc3ccccc3)cc2)c2ccccc2)cc1. The highest BCUT2D eigenvalue weighted by Crippen LogP contribution is 2.21. The Morgan fingerprint density at radius 3 is 1.94 bits per heavy atom. The quantitative estimate of drug-likeness (QED) is 0.310. The molecule has 0 bridgehead atoms. The minimum absolute atomic E-state index is 0.219. The van der Waals surface area contributed by atoms with Crippen LogP contribution < -0.4 is 10.1 Å². The van der Waals surface area contributed by atoms with Crippen LogP contribution in [0.1, 0.15) is 28.3 Å². The largest absolute Gasteiger partial charge is 0.489 e. The van der Waals surface area contributed by atoms with E-state index in [0.717, 1.165) is 23.7 Å². The summed E-state index contributed by atoms with van der Waals surface area (Å²) in [6.45, 7) is 1.36. The molecule has 1 atom stereocenters. The van der Waals surface area contributed by atoms with Crippen molar-refractivity contribution in [2.24, 2.45) is 0 Å². The molecule has 156 valence electrons. The van der Waals surface area contributed by atoms with E-state index in [9.17, 15) is 0 Å². The monoisotopic (exact) mass is 427 g/mol. The molecule has 0 saturated carbocycles. The van der Waals surface area contributed by atoms with E-state index >= 15 is 0 Å². The summed E-state index contributed by atoms with van der Waals surface area (Å²) >= 11 is 6.05. The van der Waals surface area contributed by atoms with Crippen LogP contribution in [0.2, 0.25) is 5.02 Å². The maximum absolute atomic E-state index is 6.05. The lowest BCUT2D eigenvalue weighted by Crippen LogP contribution is -2.23. The van der Waals surface area contributed by atoms with Gasteiger partial charge in [-0.1, -0.05) is 96.5 Å². The molecule has 1 unspecified atom stereocenters. The van der Waals surface area contributed by atoms with Crippen LogP contribution in [0.3, 0.4) is 0 Å². The summed E-state index contributed by atoms with van der Waals surface area (Å²) in [6, 6.07) is 37.4. The summed E-state index contributed by atoms with van der Waals surface area (Å²) in [5.74, 6) is 0.883. The average molecular weight is 428 g/mol. The summed E-state index contributed by atoms with van der Waals surface area (Å²) in [7, 11) is 0. The fourth-order valence-electron chi connectivity index (χ4n) is 3.53. The molecule has 0 aliphatic heterocycles. The maximum Gasteiger partial charge on any atom is 0.119 e. The van der Waals surface area contributed by atoms with Gasteiger partial charge in [-0.05, 0) is 52.9 Å². The summed E-state index contributed by atoms with van der Waals surface area (Å²) in [5, 5.41) is 4.49. The zero-order chi connectivity index (χ0) is 21.3. The summed E-state index contributed by atoms with van der Waals surface area (Å²) in [4.78, 5) is 0. The lowest BCUT2D eigenvalue weighted by Gasteiger charge is -2.20. The third-order valence-corrected chi connectivity index (χ3v) is 5.53. The average Bonchev–Trinajstić information content (AvgIpc) is 2.83. The van der Waals surface area contributed by atoms with Gasteiger partial charge in [0.05, 0.1) is 0 Å². The molecule has 0 radical (unpaired) electrons. The summed E-state index contributed by atoms with van der Waals surface area (Å²) in [5.41, 5.74) is 4.93. The van der Waals surface area contributed by atoms with Gasteiger partial charge in [0.1, 0.15) is 12.4 Å². The van der Waals surface area contributed by atoms with Crippen molar-refractivity contribution in [3.8, 4) is 5.75 Å². The second-order valence-electron chi connectivity index (χ2n) is 7.59. The van der Waals surface area contributed by atoms with Gasteiger partial charge in [-0.25, -0.2) is 0 Å². The van der Waals surface area contributed by atoms with Gasteiger partial charge < -0.3 is 10.1 Å². The third-order valence-electron chi connectivity index (χ3n) is 5.28. The molecule has 0 aromatic heterocycles. The lowest BCUT2D eigenvalue weighted by molar-refractivity contribution is 0.306. The Hall–Kier alpha value is -3.07.